The quantitative estimate of drug-likeness (QED) is 0.485. The van der Waals surface area contributed by atoms with Crippen molar-refractivity contribution in [2.24, 2.45) is 15.8 Å². The molecule has 0 saturated carbocycles. The van der Waals surface area contributed by atoms with Gasteiger partial charge >= 0.3 is 0 Å². The second-order valence-corrected chi connectivity index (χ2v) is 10.3. The lowest BCUT2D eigenvalue weighted by atomic mass is 9.81. The highest BCUT2D eigenvalue weighted by atomic mass is 15.2. The lowest BCUT2D eigenvalue weighted by Crippen LogP contribution is -2.43. The molecule has 0 amide bonds. The van der Waals surface area contributed by atoms with Gasteiger partial charge in [-0.2, -0.15) is 0 Å². The van der Waals surface area contributed by atoms with Gasteiger partial charge < -0.3 is 0 Å². The molecule has 2 heteroatoms. The zero-order chi connectivity index (χ0) is 18.6. The molecular formula is C21H44N2. The van der Waals surface area contributed by atoms with E-state index in [4.69, 9.17) is 4.99 Å². The van der Waals surface area contributed by atoms with Gasteiger partial charge in [0.25, 0.3) is 0 Å². The third-order valence-electron chi connectivity index (χ3n) is 4.91. The lowest BCUT2D eigenvalue weighted by Gasteiger charge is -2.39. The highest BCUT2D eigenvalue weighted by Crippen LogP contribution is 2.31. The first-order valence-corrected chi connectivity index (χ1v) is 9.40. The van der Waals surface area contributed by atoms with E-state index in [-0.39, 0.29) is 11.0 Å². The smallest absolute Gasteiger partial charge is 0.0551 e. The van der Waals surface area contributed by atoms with Crippen LogP contribution >= 0.6 is 0 Å². The van der Waals surface area contributed by atoms with Gasteiger partial charge in [-0.1, -0.05) is 34.6 Å². The summed E-state index contributed by atoms with van der Waals surface area (Å²) < 4.78 is 0. The molecule has 0 saturated heterocycles. The lowest BCUT2D eigenvalue weighted by molar-refractivity contribution is 0.101. The maximum atomic E-state index is 5.04. The van der Waals surface area contributed by atoms with Crippen LogP contribution in [0.25, 0.3) is 0 Å². The van der Waals surface area contributed by atoms with Gasteiger partial charge in [-0.15, -0.1) is 0 Å². The summed E-state index contributed by atoms with van der Waals surface area (Å²) in [6.07, 6.45) is 2.34. The number of aliphatic imine (C=N–C) groups is 1. The molecule has 138 valence electrons. The van der Waals surface area contributed by atoms with E-state index in [0.717, 1.165) is 13.0 Å². The van der Waals surface area contributed by atoms with Gasteiger partial charge in [-0.25, -0.2) is 0 Å². The summed E-state index contributed by atoms with van der Waals surface area (Å²) in [5, 5.41) is 0. The second-order valence-electron chi connectivity index (χ2n) is 10.3. The Kier molecular flexibility index (Phi) is 8.01. The fourth-order valence-corrected chi connectivity index (χ4v) is 2.86. The number of hydrogen-bond donors (Lipinski definition) is 0. The number of nitrogens with zero attached hydrogens (tertiary/aromatic N) is 2. The summed E-state index contributed by atoms with van der Waals surface area (Å²) >= 11 is 0. The summed E-state index contributed by atoms with van der Waals surface area (Å²) in [6, 6.07) is 1.20. The van der Waals surface area contributed by atoms with Crippen molar-refractivity contribution in [2.45, 2.75) is 114 Å². The van der Waals surface area contributed by atoms with Crippen LogP contribution < -0.4 is 0 Å². The third kappa shape index (κ3) is 8.88. The van der Waals surface area contributed by atoms with Crippen molar-refractivity contribution in [1.29, 1.82) is 0 Å². The molecule has 0 aromatic heterocycles. The Hall–Kier alpha value is -0.370. The van der Waals surface area contributed by atoms with Gasteiger partial charge in [0.1, 0.15) is 0 Å². The van der Waals surface area contributed by atoms with Crippen LogP contribution in [-0.2, 0) is 0 Å². The number of hydrogen-bond acceptors (Lipinski definition) is 2. The molecule has 0 N–H and O–H groups in total. The molecule has 0 aliphatic carbocycles. The van der Waals surface area contributed by atoms with Crippen molar-refractivity contribution in [3.05, 3.63) is 0 Å². The summed E-state index contributed by atoms with van der Waals surface area (Å²) in [6.45, 7) is 28.6. The van der Waals surface area contributed by atoms with Crippen molar-refractivity contribution in [1.82, 2.24) is 4.90 Å². The monoisotopic (exact) mass is 324 g/mol. The Bertz CT molecular complexity index is 373. The van der Waals surface area contributed by atoms with Gasteiger partial charge in [0.2, 0.25) is 0 Å². The van der Waals surface area contributed by atoms with Gasteiger partial charge in [0, 0.05) is 24.3 Å². The molecule has 0 unspecified atom stereocenters. The van der Waals surface area contributed by atoms with Crippen molar-refractivity contribution < 1.29 is 0 Å². The predicted molar refractivity (Wildman–Crippen MR) is 107 cm³/mol. The molecule has 0 aromatic carbocycles. The van der Waals surface area contributed by atoms with Crippen molar-refractivity contribution in [3.8, 4) is 0 Å². The zero-order valence-corrected chi connectivity index (χ0v) is 18.2. The molecule has 0 fully saturated rings. The molecule has 0 aliphatic heterocycles. The highest BCUT2D eigenvalue weighted by Gasteiger charge is 2.28. The predicted octanol–water partition coefficient (Wildman–Crippen LogP) is 6.20. The summed E-state index contributed by atoms with van der Waals surface area (Å²) in [5.41, 5.74) is 1.76. The van der Waals surface area contributed by atoms with E-state index in [0.29, 0.717) is 17.5 Å². The molecule has 23 heavy (non-hydrogen) atoms. The summed E-state index contributed by atoms with van der Waals surface area (Å²) in [7, 11) is 0. The second kappa shape index (κ2) is 8.14. The van der Waals surface area contributed by atoms with Crippen LogP contribution in [0.15, 0.2) is 4.99 Å². The Labute approximate surface area is 147 Å². The first-order chi connectivity index (χ1) is 10.1. The maximum Gasteiger partial charge on any atom is 0.0551 e. The van der Waals surface area contributed by atoms with Crippen molar-refractivity contribution in [2.75, 3.05) is 6.54 Å². The van der Waals surface area contributed by atoms with Crippen LogP contribution in [0.4, 0.5) is 0 Å². The fourth-order valence-electron chi connectivity index (χ4n) is 2.86. The molecule has 0 aliphatic rings. The highest BCUT2D eigenvalue weighted by molar-refractivity contribution is 5.87. The van der Waals surface area contributed by atoms with E-state index >= 15 is 0 Å². The largest absolute Gasteiger partial charge is 0.298 e. The van der Waals surface area contributed by atoms with E-state index in [1.807, 2.05) is 0 Å². The molecule has 0 aromatic rings. The van der Waals surface area contributed by atoms with Gasteiger partial charge in [0.15, 0.2) is 0 Å². The van der Waals surface area contributed by atoms with Crippen LogP contribution in [0.5, 0.6) is 0 Å². The van der Waals surface area contributed by atoms with Gasteiger partial charge in [-0.3, -0.25) is 9.89 Å². The molecule has 0 rings (SSSR count). The van der Waals surface area contributed by atoms with Crippen LogP contribution in [0.1, 0.15) is 95.9 Å². The molecule has 0 radical (unpaired) electrons. The van der Waals surface area contributed by atoms with Crippen LogP contribution in [-0.4, -0.2) is 34.8 Å². The van der Waals surface area contributed by atoms with E-state index < -0.39 is 0 Å². The third-order valence-corrected chi connectivity index (χ3v) is 4.91. The molecule has 0 bridgehead atoms. The number of rotatable bonds is 8. The molecule has 2 nitrogen and oxygen atoms in total. The molecule has 0 heterocycles. The van der Waals surface area contributed by atoms with Gasteiger partial charge in [-0.05, 0) is 72.1 Å². The fraction of sp³-hybridized carbons (Fsp3) is 0.952. The molecular weight excluding hydrogens is 280 g/mol. The van der Waals surface area contributed by atoms with E-state index in [9.17, 15) is 0 Å². The van der Waals surface area contributed by atoms with Crippen LogP contribution in [0, 0.1) is 10.8 Å². The first kappa shape index (κ1) is 22.6. The Morgan fingerprint density at radius 1 is 0.826 bits per heavy atom. The first-order valence-electron chi connectivity index (χ1n) is 9.40. The van der Waals surface area contributed by atoms with Crippen molar-refractivity contribution >= 4 is 5.71 Å². The van der Waals surface area contributed by atoms with Crippen LogP contribution in [0.2, 0.25) is 0 Å². The SMILES string of the molecule is C/C(=N/C(C)(C)CCC(C)(C)CN(C(C)C)C(C)C)C(C)(C)C. The Morgan fingerprint density at radius 3 is 1.61 bits per heavy atom. The Balaban J connectivity index is 4.87. The van der Waals surface area contributed by atoms with Gasteiger partial charge in [0.05, 0.1) is 5.54 Å². The summed E-state index contributed by atoms with van der Waals surface area (Å²) in [4.78, 5) is 7.64. The minimum absolute atomic E-state index is 0.0229. The Morgan fingerprint density at radius 2 is 1.26 bits per heavy atom. The molecule has 0 spiro atoms. The average molecular weight is 325 g/mol. The zero-order valence-electron chi connectivity index (χ0n) is 18.2. The van der Waals surface area contributed by atoms with E-state index in [1.54, 1.807) is 0 Å². The minimum Gasteiger partial charge on any atom is -0.298 e. The molecule has 0 atom stereocenters. The van der Waals surface area contributed by atoms with E-state index in [1.165, 1.54) is 12.1 Å². The van der Waals surface area contributed by atoms with Crippen LogP contribution in [0.3, 0.4) is 0 Å². The maximum absolute atomic E-state index is 5.04. The summed E-state index contributed by atoms with van der Waals surface area (Å²) in [5.74, 6) is 0. The topological polar surface area (TPSA) is 15.6 Å². The van der Waals surface area contributed by atoms with E-state index in [2.05, 4.69) is 88.0 Å². The average Bonchev–Trinajstić information content (AvgIpc) is 2.32. The van der Waals surface area contributed by atoms with Crippen molar-refractivity contribution in [3.63, 3.8) is 0 Å². The minimum atomic E-state index is 0.0229. The normalized spacial score (nSPS) is 15.2. The standard InChI is InChI=1S/C21H44N2/c1-16(2)23(17(3)4)15-20(9,10)13-14-21(11,12)22-18(5)19(6,7)8/h16-17H,13-15H2,1-12H3/b22-18-.